The summed E-state index contributed by atoms with van der Waals surface area (Å²) in [5, 5.41) is 0. The largest absolute Gasteiger partial charge is 0.493 e. The first-order valence-electron chi connectivity index (χ1n) is 8.75. The number of hydrogen-bond donors (Lipinski definition) is 1. The Bertz CT molecular complexity index is 528. The van der Waals surface area contributed by atoms with Gasteiger partial charge in [0.05, 0.1) is 6.61 Å². The van der Waals surface area contributed by atoms with E-state index in [1.807, 2.05) is 0 Å². The molecule has 2 bridgehead atoms. The van der Waals surface area contributed by atoms with Crippen LogP contribution in [0.15, 0.2) is 24.3 Å². The highest BCUT2D eigenvalue weighted by atomic mass is 16.5. The van der Waals surface area contributed by atoms with E-state index in [-0.39, 0.29) is 5.54 Å². The lowest BCUT2D eigenvalue weighted by atomic mass is 9.68. The molecule has 0 radical (unpaired) electrons. The molecule has 2 nitrogen and oxygen atoms in total. The van der Waals surface area contributed by atoms with Crippen LogP contribution in [0.25, 0.3) is 0 Å². The van der Waals surface area contributed by atoms with Gasteiger partial charge in [-0.15, -0.1) is 0 Å². The van der Waals surface area contributed by atoms with E-state index in [1.165, 1.54) is 37.7 Å². The lowest BCUT2D eigenvalue weighted by molar-refractivity contribution is 0.152. The molecule has 1 aromatic rings. The molecule has 5 unspecified atom stereocenters. The monoisotopic (exact) mass is 285 g/mol. The van der Waals surface area contributed by atoms with Crippen LogP contribution in [-0.2, 0) is 5.54 Å². The lowest BCUT2D eigenvalue weighted by Crippen LogP contribution is -2.46. The lowest BCUT2D eigenvalue weighted by Gasteiger charge is -2.41. The van der Waals surface area contributed by atoms with Crippen molar-refractivity contribution in [1.82, 2.24) is 0 Å². The number of benzene rings is 1. The van der Waals surface area contributed by atoms with Crippen molar-refractivity contribution in [3.63, 3.8) is 0 Å². The third-order valence-electron chi connectivity index (χ3n) is 6.42. The number of para-hydroxylation sites is 1. The van der Waals surface area contributed by atoms with Crippen LogP contribution in [0, 0.1) is 23.7 Å². The molecule has 3 saturated carbocycles. The van der Waals surface area contributed by atoms with Gasteiger partial charge in [-0.2, -0.15) is 0 Å². The number of hydrogen-bond acceptors (Lipinski definition) is 2. The summed E-state index contributed by atoms with van der Waals surface area (Å²) >= 11 is 0. The summed E-state index contributed by atoms with van der Waals surface area (Å²) in [4.78, 5) is 0. The van der Waals surface area contributed by atoms with Crippen molar-refractivity contribution in [2.75, 3.05) is 6.61 Å². The molecule has 5 atom stereocenters. The van der Waals surface area contributed by atoms with Crippen LogP contribution in [0.3, 0.4) is 0 Å². The van der Waals surface area contributed by atoms with Crippen LogP contribution < -0.4 is 10.5 Å². The highest BCUT2D eigenvalue weighted by Crippen LogP contribution is 2.64. The predicted octanol–water partition coefficient (Wildman–Crippen LogP) is 4.09. The Balaban J connectivity index is 1.67. The maximum Gasteiger partial charge on any atom is 0.124 e. The van der Waals surface area contributed by atoms with E-state index in [2.05, 4.69) is 31.2 Å². The molecule has 3 aliphatic carbocycles. The molecule has 0 amide bonds. The van der Waals surface area contributed by atoms with E-state index in [1.54, 1.807) is 0 Å². The quantitative estimate of drug-likeness (QED) is 0.904. The Morgan fingerprint density at radius 1 is 1.24 bits per heavy atom. The Morgan fingerprint density at radius 2 is 2.05 bits per heavy atom. The van der Waals surface area contributed by atoms with Crippen LogP contribution in [0.2, 0.25) is 0 Å². The fourth-order valence-electron chi connectivity index (χ4n) is 5.69. The van der Waals surface area contributed by atoms with Gasteiger partial charge in [0, 0.05) is 11.1 Å². The summed E-state index contributed by atoms with van der Waals surface area (Å²) < 4.78 is 6.00. The van der Waals surface area contributed by atoms with E-state index in [9.17, 15) is 0 Å². The van der Waals surface area contributed by atoms with E-state index < -0.39 is 0 Å². The maximum atomic E-state index is 7.01. The highest BCUT2D eigenvalue weighted by molar-refractivity contribution is 5.41. The maximum absolute atomic E-state index is 7.01. The third kappa shape index (κ3) is 1.95. The summed E-state index contributed by atoms with van der Waals surface area (Å²) in [6, 6.07) is 8.53. The van der Waals surface area contributed by atoms with Gasteiger partial charge in [0.15, 0.2) is 0 Å². The zero-order valence-electron chi connectivity index (χ0n) is 13.1. The normalized spacial score (nSPS) is 40.5. The molecular weight excluding hydrogens is 258 g/mol. The molecular formula is C19H27NO. The fourth-order valence-corrected chi connectivity index (χ4v) is 5.69. The first kappa shape index (κ1) is 13.6. The number of fused-ring (bicyclic) bond motifs is 5. The fraction of sp³-hybridized carbons (Fsp3) is 0.684. The zero-order chi connectivity index (χ0) is 14.4. The summed E-state index contributed by atoms with van der Waals surface area (Å²) in [6.07, 6.45) is 7.85. The minimum absolute atomic E-state index is 0.138. The average molecular weight is 285 g/mol. The van der Waals surface area contributed by atoms with Gasteiger partial charge in [-0.3, -0.25) is 0 Å². The van der Waals surface area contributed by atoms with Crippen molar-refractivity contribution in [3.8, 4) is 5.75 Å². The molecule has 0 heterocycles. The molecule has 0 aromatic heterocycles. The Kier molecular flexibility index (Phi) is 3.25. The van der Waals surface area contributed by atoms with Crippen molar-refractivity contribution in [2.45, 2.75) is 51.0 Å². The van der Waals surface area contributed by atoms with Gasteiger partial charge in [-0.25, -0.2) is 0 Å². The average Bonchev–Trinajstić information content (AvgIpc) is 3.17. The Hall–Kier alpha value is -1.02. The number of rotatable bonds is 4. The molecule has 114 valence electrons. The van der Waals surface area contributed by atoms with E-state index in [4.69, 9.17) is 10.5 Å². The number of nitrogens with two attached hydrogens (primary N) is 1. The van der Waals surface area contributed by atoms with Gasteiger partial charge < -0.3 is 10.5 Å². The highest BCUT2D eigenvalue weighted by Gasteiger charge is 2.60. The van der Waals surface area contributed by atoms with Gasteiger partial charge in [0.1, 0.15) is 5.75 Å². The van der Waals surface area contributed by atoms with E-state index in [0.29, 0.717) is 5.92 Å². The number of ether oxygens (including phenoxy) is 1. The van der Waals surface area contributed by atoms with E-state index in [0.717, 1.165) is 36.5 Å². The van der Waals surface area contributed by atoms with Crippen molar-refractivity contribution in [3.05, 3.63) is 29.8 Å². The molecule has 3 fully saturated rings. The van der Waals surface area contributed by atoms with Gasteiger partial charge in [0.2, 0.25) is 0 Å². The van der Waals surface area contributed by atoms with Crippen LogP contribution in [0.4, 0.5) is 0 Å². The first-order valence-corrected chi connectivity index (χ1v) is 8.75. The van der Waals surface area contributed by atoms with Gasteiger partial charge in [-0.05, 0) is 61.8 Å². The summed E-state index contributed by atoms with van der Waals surface area (Å²) in [6.45, 7) is 2.94. The zero-order valence-corrected chi connectivity index (χ0v) is 13.1. The summed E-state index contributed by atoms with van der Waals surface area (Å²) in [7, 11) is 0. The molecule has 2 N–H and O–H groups in total. The Labute approximate surface area is 128 Å². The molecule has 0 spiro atoms. The third-order valence-corrected chi connectivity index (χ3v) is 6.42. The van der Waals surface area contributed by atoms with Crippen molar-refractivity contribution < 1.29 is 4.74 Å². The molecule has 4 rings (SSSR count). The first-order chi connectivity index (χ1) is 10.2. The molecule has 21 heavy (non-hydrogen) atoms. The van der Waals surface area contributed by atoms with Crippen LogP contribution >= 0.6 is 0 Å². The van der Waals surface area contributed by atoms with Crippen LogP contribution in [0.1, 0.15) is 51.0 Å². The van der Waals surface area contributed by atoms with Gasteiger partial charge in [-0.1, -0.05) is 31.5 Å². The predicted molar refractivity (Wildman–Crippen MR) is 85.1 cm³/mol. The summed E-state index contributed by atoms with van der Waals surface area (Å²) in [5.74, 6) is 4.44. The second-order valence-corrected chi connectivity index (χ2v) is 7.45. The van der Waals surface area contributed by atoms with Crippen molar-refractivity contribution >= 4 is 0 Å². The van der Waals surface area contributed by atoms with Crippen LogP contribution in [0.5, 0.6) is 5.75 Å². The van der Waals surface area contributed by atoms with Crippen molar-refractivity contribution in [2.24, 2.45) is 29.4 Å². The molecule has 1 aromatic carbocycles. The second kappa shape index (κ2) is 5.01. The van der Waals surface area contributed by atoms with Gasteiger partial charge >= 0.3 is 0 Å². The second-order valence-electron chi connectivity index (χ2n) is 7.45. The minimum atomic E-state index is -0.138. The topological polar surface area (TPSA) is 35.2 Å². The van der Waals surface area contributed by atoms with Gasteiger partial charge in [0.25, 0.3) is 0 Å². The minimum Gasteiger partial charge on any atom is -0.493 e. The Morgan fingerprint density at radius 3 is 2.90 bits per heavy atom. The van der Waals surface area contributed by atoms with Crippen LogP contribution in [-0.4, -0.2) is 6.61 Å². The van der Waals surface area contributed by atoms with E-state index >= 15 is 0 Å². The summed E-state index contributed by atoms with van der Waals surface area (Å²) in [5.41, 5.74) is 8.15. The van der Waals surface area contributed by atoms with Crippen molar-refractivity contribution in [1.29, 1.82) is 0 Å². The smallest absolute Gasteiger partial charge is 0.124 e. The molecule has 3 aliphatic rings. The molecule has 0 aliphatic heterocycles. The molecule has 2 heteroatoms. The standard InChI is InChI=1S/C19H27NO/c1-2-10-21-18-9-4-3-8-16(18)19(20)12-13-11-17(19)15-7-5-6-14(13)15/h3-4,8-9,13-15,17H,2,5-7,10-12,20H2,1H3. The SMILES string of the molecule is CCCOc1ccccc1C1(N)CC2CC1C1CCCC21. The molecule has 0 saturated heterocycles.